The zero-order valence-electron chi connectivity index (χ0n) is 15.4. The first-order valence-corrected chi connectivity index (χ1v) is 9.08. The number of carbonyl (C=O) groups excluding carboxylic acids is 2. The van der Waals surface area contributed by atoms with Gasteiger partial charge in [-0.2, -0.15) is 0 Å². The molecule has 2 aromatic carbocycles. The number of carbonyl (C=O) groups is 2. The van der Waals surface area contributed by atoms with Gasteiger partial charge in [0.1, 0.15) is 5.60 Å². The van der Waals surface area contributed by atoms with Crippen molar-refractivity contribution < 1.29 is 14.3 Å². The van der Waals surface area contributed by atoms with Crippen LogP contribution in [0, 0.1) is 5.92 Å². The summed E-state index contributed by atoms with van der Waals surface area (Å²) in [4.78, 5) is 24.4. The Balaban J connectivity index is 1.60. The van der Waals surface area contributed by atoms with Crippen molar-refractivity contribution >= 4 is 28.5 Å². The summed E-state index contributed by atoms with van der Waals surface area (Å²) >= 11 is 0. The highest BCUT2D eigenvalue weighted by molar-refractivity contribution is 6.03. The maximum atomic E-state index is 12.8. The maximum Gasteiger partial charge on any atom is 0.307 e. The van der Waals surface area contributed by atoms with Crippen LogP contribution in [-0.2, 0) is 20.9 Å². The predicted octanol–water partition coefficient (Wildman–Crippen LogP) is 3.97. The zero-order chi connectivity index (χ0) is 19.0. The van der Waals surface area contributed by atoms with Gasteiger partial charge in [-0.1, -0.05) is 36.4 Å². The highest BCUT2D eigenvalue weighted by Crippen LogP contribution is 2.34. The highest BCUT2D eigenvalue weighted by atomic mass is 16.6. The minimum absolute atomic E-state index is 0.115. The van der Waals surface area contributed by atoms with Gasteiger partial charge in [0.2, 0.25) is 5.91 Å². The number of ether oxygens (including phenoxy) is 1. The normalized spacial score (nSPS) is 18.4. The Hall–Kier alpha value is -3.08. The molecule has 0 aliphatic carbocycles. The molecule has 1 saturated heterocycles. The number of hydrogen-bond donors (Lipinski definition) is 1. The highest BCUT2D eigenvalue weighted by Gasteiger charge is 2.46. The van der Waals surface area contributed by atoms with Crippen LogP contribution in [-0.4, -0.2) is 22.0 Å². The van der Waals surface area contributed by atoms with Gasteiger partial charge in [0.15, 0.2) is 0 Å². The van der Waals surface area contributed by atoms with Gasteiger partial charge >= 0.3 is 5.97 Å². The SMILES string of the molecule is CC1(C)OC(=O)CC1C(=O)Nc1cccc2c1ccn2Cc1ccccc1. The predicted molar refractivity (Wildman–Crippen MR) is 104 cm³/mol. The van der Waals surface area contributed by atoms with Crippen LogP contribution in [0.5, 0.6) is 0 Å². The molecule has 5 heteroatoms. The van der Waals surface area contributed by atoms with Crippen LogP contribution in [0.3, 0.4) is 0 Å². The van der Waals surface area contributed by atoms with E-state index in [9.17, 15) is 9.59 Å². The number of nitrogens with zero attached hydrogens (tertiary/aromatic N) is 1. The van der Waals surface area contributed by atoms with Crippen molar-refractivity contribution in [1.82, 2.24) is 4.57 Å². The minimum Gasteiger partial charge on any atom is -0.459 e. The van der Waals surface area contributed by atoms with Crippen LogP contribution < -0.4 is 5.32 Å². The zero-order valence-corrected chi connectivity index (χ0v) is 15.4. The smallest absolute Gasteiger partial charge is 0.307 e. The van der Waals surface area contributed by atoms with Gasteiger partial charge in [-0.15, -0.1) is 0 Å². The van der Waals surface area contributed by atoms with E-state index < -0.39 is 11.5 Å². The van der Waals surface area contributed by atoms with Crippen LogP contribution in [0.25, 0.3) is 10.9 Å². The molecule has 0 spiro atoms. The maximum absolute atomic E-state index is 12.8. The summed E-state index contributed by atoms with van der Waals surface area (Å²) in [6.07, 6.45) is 2.14. The molecular formula is C22H22N2O3. The first kappa shape index (κ1) is 17.3. The van der Waals surface area contributed by atoms with Gasteiger partial charge < -0.3 is 14.6 Å². The van der Waals surface area contributed by atoms with Gasteiger partial charge in [-0.05, 0) is 37.6 Å². The van der Waals surface area contributed by atoms with E-state index in [-0.39, 0.29) is 18.3 Å². The summed E-state index contributed by atoms with van der Waals surface area (Å²) in [5, 5.41) is 3.97. The molecule has 27 heavy (non-hydrogen) atoms. The second kappa shape index (κ2) is 6.58. The lowest BCUT2D eigenvalue weighted by molar-refractivity contribution is -0.147. The lowest BCUT2D eigenvalue weighted by atomic mass is 9.90. The first-order valence-electron chi connectivity index (χ1n) is 9.08. The fourth-order valence-electron chi connectivity index (χ4n) is 3.70. The van der Waals surface area contributed by atoms with Gasteiger partial charge in [0.25, 0.3) is 0 Å². The Kier molecular flexibility index (Phi) is 4.22. The lowest BCUT2D eigenvalue weighted by Gasteiger charge is -2.23. The quantitative estimate of drug-likeness (QED) is 0.715. The van der Waals surface area contributed by atoms with E-state index in [4.69, 9.17) is 4.74 Å². The Morgan fingerprint density at radius 2 is 1.93 bits per heavy atom. The summed E-state index contributed by atoms with van der Waals surface area (Å²) < 4.78 is 7.43. The molecule has 0 saturated carbocycles. The number of aromatic nitrogens is 1. The molecule has 138 valence electrons. The number of cyclic esters (lactones) is 1. The largest absolute Gasteiger partial charge is 0.459 e. The van der Waals surface area contributed by atoms with Crippen LogP contribution in [0.2, 0.25) is 0 Å². The molecule has 4 rings (SSSR count). The third-order valence-electron chi connectivity index (χ3n) is 5.17. The average molecular weight is 362 g/mol. The minimum atomic E-state index is -0.783. The Labute approximate surface area is 157 Å². The molecule has 1 amide bonds. The summed E-state index contributed by atoms with van der Waals surface area (Å²) in [6, 6.07) is 18.1. The second-order valence-electron chi connectivity index (χ2n) is 7.49. The molecule has 3 aromatic rings. The van der Waals surface area contributed by atoms with Gasteiger partial charge in [-0.3, -0.25) is 9.59 Å². The molecule has 1 atom stereocenters. The topological polar surface area (TPSA) is 60.3 Å². The Morgan fingerprint density at radius 1 is 1.15 bits per heavy atom. The van der Waals surface area contributed by atoms with E-state index >= 15 is 0 Å². The molecule has 5 nitrogen and oxygen atoms in total. The standard InChI is InChI=1S/C22H22N2O3/c1-22(2)17(13-20(25)27-22)21(26)23-18-9-6-10-19-16(18)11-12-24(19)14-15-7-4-3-5-8-15/h3-12,17H,13-14H2,1-2H3,(H,23,26). The van der Waals surface area contributed by atoms with Crippen LogP contribution in [0.1, 0.15) is 25.8 Å². The number of anilines is 1. The number of fused-ring (bicyclic) bond motifs is 1. The Bertz CT molecular complexity index is 1000. The molecule has 1 fully saturated rings. The number of esters is 1. The van der Waals surface area contributed by atoms with Crippen molar-refractivity contribution in [2.75, 3.05) is 5.32 Å². The molecular weight excluding hydrogens is 340 g/mol. The van der Waals surface area contributed by atoms with Crippen molar-refractivity contribution in [3.8, 4) is 0 Å². The number of nitrogens with one attached hydrogen (secondary N) is 1. The van der Waals surface area contributed by atoms with Crippen LogP contribution in [0.4, 0.5) is 5.69 Å². The number of rotatable bonds is 4. The van der Waals surface area contributed by atoms with Crippen molar-refractivity contribution in [3.63, 3.8) is 0 Å². The third kappa shape index (κ3) is 3.33. The lowest BCUT2D eigenvalue weighted by Crippen LogP contribution is -2.36. The summed E-state index contributed by atoms with van der Waals surface area (Å²) in [5.74, 6) is -1.01. The molecule has 0 radical (unpaired) electrons. The van der Waals surface area contributed by atoms with Crippen LogP contribution >= 0.6 is 0 Å². The van der Waals surface area contributed by atoms with Crippen molar-refractivity contribution in [2.24, 2.45) is 5.92 Å². The van der Waals surface area contributed by atoms with Crippen molar-refractivity contribution in [3.05, 3.63) is 66.4 Å². The molecule has 1 aromatic heterocycles. The fraction of sp³-hybridized carbons (Fsp3) is 0.273. The molecule has 1 aliphatic rings. The van der Waals surface area contributed by atoms with E-state index in [1.54, 1.807) is 13.8 Å². The van der Waals surface area contributed by atoms with E-state index in [2.05, 4.69) is 22.0 Å². The number of amides is 1. The van der Waals surface area contributed by atoms with E-state index in [1.165, 1.54) is 5.56 Å². The van der Waals surface area contributed by atoms with Gasteiger partial charge in [0, 0.05) is 18.1 Å². The molecule has 2 heterocycles. The van der Waals surface area contributed by atoms with E-state index in [0.717, 1.165) is 23.1 Å². The van der Waals surface area contributed by atoms with Crippen molar-refractivity contribution in [1.29, 1.82) is 0 Å². The molecule has 0 bridgehead atoms. The average Bonchev–Trinajstić information content (AvgIpc) is 3.16. The third-order valence-corrected chi connectivity index (χ3v) is 5.17. The number of hydrogen-bond acceptors (Lipinski definition) is 3. The Morgan fingerprint density at radius 3 is 2.63 bits per heavy atom. The second-order valence-corrected chi connectivity index (χ2v) is 7.49. The van der Waals surface area contributed by atoms with E-state index in [0.29, 0.717) is 0 Å². The fourth-order valence-corrected chi connectivity index (χ4v) is 3.70. The monoisotopic (exact) mass is 362 g/mol. The van der Waals surface area contributed by atoms with Gasteiger partial charge in [0.05, 0.1) is 23.5 Å². The van der Waals surface area contributed by atoms with E-state index in [1.807, 2.05) is 48.7 Å². The van der Waals surface area contributed by atoms with Crippen LogP contribution in [0.15, 0.2) is 60.8 Å². The number of benzene rings is 2. The molecule has 1 unspecified atom stereocenters. The van der Waals surface area contributed by atoms with Crippen molar-refractivity contribution in [2.45, 2.75) is 32.4 Å². The molecule has 1 aliphatic heterocycles. The first-order chi connectivity index (χ1) is 12.9. The molecule has 1 N–H and O–H groups in total. The summed E-state index contributed by atoms with van der Waals surface area (Å²) in [7, 11) is 0. The summed E-state index contributed by atoms with van der Waals surface area (Å²) in [5.41, 5.74) is 2.23. The summed E-state index contributed by atoms with van der Waals surface area (Å²) in [6.45, 7) is 4.32. The van der Waals surface area contributed by atoms with Gasteiger partial charge in [-0.25, -0.2) is 0 Å².